The Hall–Kier alpha value is -3.23. The van der Waals surface area contributed by atoms with Gasteiger partial charge in [0.2, 0.25) is 0 Å². The van der Waals surface area contributed by atoms with Crippen LogP contribution < -0.4 is 10.3 Å². The highest BCUT2D eigenvalue weighted by Crippen LogP contribution is 2.25. The molecule has 1 amide bonds. The number of aromatic nitrogens is 3. The summed E-state index contributed by atoms with van der Waals surface area (Å²) in [7, 11) is 0. The normalized spacial score (nSPS) is 21.2. The molecule has 4 rings (SSSR count). The van der Waals surface area contributed by atoms with E-state index in [1.807, 2.05) is 29.8 Å². The van der Waals surface area contributed by atoms with Gasteiger partial charge in [0.15, 0.2) is 11.9 Å². The first-order valence-electron chi connectivity index (χ1n) is 9.43. The minimum Gasteiger partial charge on any atom is -0.480 e. The van der Waals surface area contributed by atoms with Crippen molar-refractivity contribution in [2.45, 2.75) is 51.2 Å². The predicted molar refractivity (Wildman–Crippen MR) is 102 cm³/mol. The minimum absolute atomic E-state index is 0.0668. The molecule has 9 nitrogen and oxygen atoms in total. The van der Waals surface area contributed by atoms with Crippen molar-refractivity contribution in [3.8, 4) is 0 Å². The zero-order valence-electron chi connectivity index (χ0n) is 15.6. The van der Waals surface area contributed by atoms with Gasteiger partial charge >= 0.3 is 5.97 Å². The molecule has 2 atom stereocenters. The number of rotatable bonds is 5. The van der Waals surface area contributed by atoms with Gasteiger partial charge in [-0.15, -0.1) is 0 Å². The van der Waals surface area contributed by atoms with Crippen molar-refractivity contribution < 1.29 is 14.7 Å². The Morgan fingerprint density at radius 1 is 1.29 bits per heavy atom. The van der Waals surface area contributed by atoms with Crippen LogP contribution in [0.4, 0.5) is 5.69 Å². The topological polar surface area (TPSA) is 113 Å². The van der Waals surface area contributed by atoms with Crippen molar-refractivity contribution in [2.75, 3.05) is 5.01 Å². The molecule has 2 aromatic rings. The number of carbonyl (C=O) groups is 2. The van der Waals surface area contributed by atoms with Gasteiger partial charge in [0, 0.05) is 25.3 Å². The van der Waals surface area contributed by atoms with Crippen LogP contribution >= 0.6 is 0 Å². The van der Waals surface area contributed by atoms with Gasteiger partial charge in [0.05, 0.1) is 12.2 Å². The maximum atomic E-state index is 12.7. The van der Waals surface area contributed by atoms with E-state index in [1.54, 1.807) is 12.1 Å². The van der Waals surface area contributed by atoms with E-state index in [2.05, 4.69) is 20.5 Å². The van der Waals surface area contributed by atoms with E-state index < -0.39 is 12.0 Å². The first-order chi connectivity index (χ1) is 13.5. The monoisotopic (exact) mass is 382 g/mol. The Morgan fingerprint density at radius 2 is 2.07 bits per heavy atom. The van der Waals surface area contributed by atoms with Gasteiger partial charge < -0.3 is 10.4 Å². The summed E-state index contributed by atoms with van der Waals surface area (Å²) in [5.41, 5.74) is 0.879. The van der Waals surface area contributed by atoms with Gasteiger partial charge in [0.1, 0.15) is 11.5 Å². The van der Waals surface area contributed by atoms with Crippen molar-refractivity contribution >= 4 is 23.3 Å². The molecule has 0 aliphatic carbocycles. The summed E-state index contributed by atoms with van der Waals surface area (Å²) in [6.07, 6.45) is 2.36. The van der Waals surface area contributed by atoms with Crippen LogP contribution in [0.25, 0.3) is 0 Å². The molecule has 3 heterocycles. The number of carbonyl (C=O) groups excluding carboxylic acids is 1. The average molecular weight is 382 g/mol. The number of nitrogens with one attached hydrogen (secondary N) is 1. The number of hydrogen-bond acceptors (Lipinski definition) is 6. The maximum Gasteiger partial charge on any atom is 0.328 e. The highest BCUT2D eigenvalue weighted by atomic mass is 16.4. The third-order valence-corrected chi connectivity index (χ3v) is 5.03. The first-order valence-corrected chi connectivity index (χ1v) is 9.43. The molecule has 2 N–H and O–H groups in total. The Morgan fingerprint density at radius 3 is 2.79 bits per heavy atom. The van der Waals surface area contributed by atoms with Crippen LogP contribution in [0.1, 0.15) is 31.4 Å². The molecule has 1 aromatic carbocycles. The molecule has 9 heteroatoms. The van der Waals surface area contributed by atoms with E-state index in [9.17, 15) is 14.7 Å². The lowest BCUT2D eigenvalue weighted by Gasteiger charge is -2.23. The number of fused-ring (bicyclic) bond motifs is 1. The second-order valence-corrected chi connectivity index (χ2v) is 6.97. The lowest BCUT2D eigenvalue weighted by Crippen LogP contribution is -2.44. The zero-order chi connectivity index (χ0) is 19.7. The summed E-state index contributed by atoms with van der Waals surface area (Å²) in [6, 6.07) is 8.05. The van der Waals surface area contributed by atoms with E-state index >= 15 is 0 Å². The molecule has 0 radical (unpaired) electrons. The van der Waals surface area contributed by atoms with Crippen LogP contribution in [0.15, 0.2) is 35.4 Å². The molecular weight excluding hydrogens is 360 g/mol. The second-order valence-electron chi connectivity index (χ2n) is 6.97. The van der Waals surface area contributed by atoms with Crippen LogP contribution in [-0.2, 0) is 29.0 Å². The Labute approximate surface area is 162 Å². The number of anilines is 1. The molecule has 1 aromatic heterocycles. The van der Waals surface area contributed by atoms with E-state index in [0.29, 0.717) is 12.2 Å². The number of aliphatic carboxylic acids is 1. The summed E-state index contributed by atoms with van der Waals surface area (Å²) in [5.74, 6) is 0.424. The van der Waals surface area contributed by atoms with Crippen molar-refractivity contribution in [1.29, 1.82) is 0 Å². The smallest absolute Gasteiger partial charge is 0.328 e. The van der Waals surface area contributed by atoms with Crippen molar-refractivity contribution in [2.24, 2.45) is 5.10 Å². The van der Waals surface area contributed by atoms with Crippen LogP contribution in [0.5, 0.6) is 0 Å². The summed E-state index contributed by atoms with van der Waals surface area (Å²) >= 11 is 0. The van der Waals surface area contributed by atoms with Gasteiger partial charge in [-0.05, 0) is 18.6 Å². The molecule has 28 heavy (non-hydrogen) atoms. The summed E-state index contributed by atoms with van der Waals surface area (Å²) in [6.45, 7) is 2.57. The lowest BCUT2D eigenvalue weighted by molar-refractivity contribution is -0.138. The Kier molecular flexibility index (Phi) is 4.81. The number of hydrogen-bond donors (Lipinski definition) is 2. The summed E-state index contributed by atoms with van der Waals surface area (Å²) in [4.78, 5) is 28.8. The van der Waals surface area contributed by atoms with Crippen LogP contribution in [-0.4, -0.2) is 49.5 Å². The molecule has 2 unspecified atom stereocenters. The SMILES string of the molecule is CCc1nc2n(n1)CC(NC(=O)C1=NN(c3ccccc3)C(C(=O)O)C1)CC2. The van der Waals surface area contributed by atoms with Crippen LogP contribution in [0, 0.1) is 0 Å². The van der Waals surface area contributed by atoms with E-state index in [0.717, 1.165) is 30.9 Å². The van der Waals surface area contributed by atoms with E-state index in [1.165, 1.54) is 5.01 Å². The predicted octanol–water partition coefficient (Wildman–Crippen LogP) is 0.991. The number of carboxylic acids is 1. The average Bonchev–Trinajstić information content (AvgIpc) is 3.32. The van der Waals surface area contributed by atoms with E-state index in [-0.39, 0.29) is 24.1 Å². The number of hydrazone groups is 1. The Bertz CT molecular complexity index is 923. The van der Waals surface area contributed by atoms with Gasteiger partial charge in [0.25, 0.3) is 5.91 Å². The molecular formula is C19H22N6O3. The van der Waals surface area contributed by atoms with Crippen molar-refractivity contribution in [3.05, 3.63) is 42.0 Å². The fourth-order valence-electron chi connectivity index (χ4n) is 3.56. The first kappa shape index (κ1) is 18.1. The standard InChI is InChI=1S/C19H22N6O3/c1-2-16-21-17-9-8-12(11-24(17)23-16)20-18(26)14-10-15(19(27)28)25(22-14)13-6-4-3-5-7-13/h3-7,12,15H,2,8-11H2,1H3,(H,20,26)(H,27,28). The van der Waals surface area contributed by atoms with Crippen LogP contribution in [0.2, 0.25) is 0 Å². The Balaban J connectivity index is 1.46. The summed E-state index contributed by atoms with van der Waals surface area (Å²) < 4.78 is 1.85. The highest BCUT2D eigenvalue weighted by molar-refractivity contribution is 6.40. The fraction of sp³-hybridized carbons (Fsp3) is 0.421. The highest BCUT2D eigenvalue weighted by Gasteiger charge is 2.37. The van der Waals surface area contributed by atoms with E-state index in [4.69, 9.17) is 0 Å². The molecule has 0 saturated heterocycles. The third kappa shape index (κ3) is 3.47. The molecule has 146 valence electrons. The number of amides is 1. The largest absolute Gasteiger partial charge is 0.480 e. The van der Waals surface area contributed by atoms with Crippen molar-refractivity contribution in [1.82, 2.24) is 20.1 Å². The maximum absolute atomic E-state index is 12.7. The van der Waals surface area contributed by atoms with Crippen LogP contribution in [0.3, 0.4) is 0 Å². The van der Waals surface area contributed by atoms with Crippen molar-refractivity contribution in [3.63, 3.8) is 0 Å². The number of nitrogens with zero attached hydrogens (tertiary/aromatic N) is 5. The molecule has 0 spiro atoms. The van der Waals surface area contributed by atoms with Gasteiger partial charge in [-0.3, -0.25) is 9.80 Å². The molecule has 0 fully saturated rings. The number of aryl methyl sites for hydroxylation is 2. The van der Waals surface area contributed by atoms with Gasteiger partial charge in [-0.1, -0.05) is 25.1 Å². The number of carboxylic acid groups (broad SMARTS) is 1. The minimum atomic E-state index is -1.01. The number of benzene rings is 1. The lowest BCUT2D eigenvalue weighted by atomic mass is 10.1. The summed E-state index contributed by atoms with van der Waals surface area (Å²) in [5, 5.41) is 22.7. The quantitative estimate of drug-likeness (QED) is 0.797. The zero-order valence-corrected chi connectivity index (χ0v) is 15.6. The second kappa shape index (κ2) is 7.41. The fourth-order valence-corrected chi connectivity index (χ4v) is 3.56. The van der Waals surface area contributed by atoms with Gasteiger partial charge in [-0.25, -0.2) is 14.5 Å². The third-order valence-electron chi connectivity index (χ3n) is 5.03. The molecule has 0 saturated carbocycles. The number of para-hydroxylation sites is 1. The molecule has 0 bridgehead atoms. The molecule has 2 aliphatic rings. The van der Waals surface area contributed by atoms with Gasteiger partial charge in [-0.2, -0.15) is 10.2 Å². The molecule has 2 aliphatic heterocycles.